The van der Waals surface area contributed by atoms with Crippen LogP contribution in [0.3, 0.4) is 0 Å². The average Bonchev–Trinajstić information content (AvgIpc) is 2.66. The number of aliphatic hydroxyl groups is 1. The van der Waals surface area contributed by atoms with Gasteiger partial charge in [0.05, 0.1) is 12.7 Å². The number of para-hydroxylation sites is 1. The number of esters is 1. The molecule has 0 aliphatic rings. The molecule has 0 aliphatic carbocycles. The van der Waals surface area contributed by atoms with Crippen molar-refractivity contribution in [3.63, 3.8) is 0 Å². The summed E-state index contributed by atoms with van der Waals surface area (Å²) in [7, 11) is 1.61. The van der Waals surface area contributed by atoms with E-state index in [1.807, 2.05) is 51.1 Å². The van der Waals surface area contributed by atoms with Crippen molar-refractivity contribution in [2.75, 3.05) is 7.11 Å². The van der Waals surface area contributed by atoms with Crippen LogP contribution in [0.25, 0.3) is 5.70 Å². The van der Waals surface area contributed by atoms with E-state index in [0.717, 1.165) is 11.3 Å². The number of nitrogens with one attached hydrogen (secondary N) is 1. The Hall–Kier alpha value is -3.21. The van der Waals surface area contributed by atoms with Crippen molar-refractivity contribution in [1.82, 2.24) is 5.32 Å². The third-order valence-electron chi connectivity index (χ3n) is 3.84. The summed E-state index contributed by atoms with van der Waals surface area (Å²) in [6.45, 7) is 7.57. The molecule has 0 aromatic heterocycles. The molecule has 148 valence electrons. The molecule has 0 radical (unpaired) electrons. The molecule has 0 spiro atoms. The van der Waals surface area contributed by atoms with Crippen LogP contribution in [0.4, 0.5) is 0 Å². The Bertz CT molecular complexity index is 860. The fourth-order valence-corrected chi connectivity index (χ4v) is 2.39. The van der Waals surface area contributed by atoms with Crippen molar-refractivity contribution >= 4 is 11.7 Å². The van der Waals surface area contributed by atoms with Crippen molar-refractivity contribution in [3.05, 3.63) is 77.6 Å². The largest absolute Gasteiger partial charge is 0.507 e. The molecule has 0 saturated heterocycles. The summed E-state index contributed by atoms with van der Waals surface area (Å²) in [5.41, 5.74) is 1.40. The van der Waals surface area contributed by atoms with Crippen LogP contribution in [0, 0.1) is 0 Å². The maximum absolute atomic E-state index is 12.3. The number of benzene rings is 2. The summed E-state index contributed by atoms with van der Waals surface area (Å²) in [5.74, 6) is 0.390. The van der Waals surface area contributed by atoms with Gasteiger partial charge in [-0.25, -0.2) is 4.79 Å². The molecule has 2 aromatic rings. The molecule has 0 unspecified atom stereocenters. The first-order chi connectivity index (χ1) is 13.2. The third-order valence-corrected chi connectivity index (χ3v) is 3.84. The van der Waals surface area contributed by atoms with Crippen LogP contribution >= 0.6 is 0 Å². The minimum absolute atomic E-state index is 0.116. The first-order valence-electron chi connectivity index (χ1n) is 9.01. The molecule has 0 amide bonds. The van der Waals surface area contributed by atoms with Crippen molar-refractivity contribution < 1.29 is 19.4 Å². The predicted molar refractivity (Wildman–Crippen MR) is 111 cm³/mol. The highest BCUT2D eigenvalue weighted by atomic mass is 16.5. The Labute approximate surface area is 166 Å². The molecule has 5 heteroatoms. The van der Waals surface area contributed by atoms with E-state index in [4.69, 9.17) is 9.47 Å². The number of carbonyl (C=O) groups excluding carboxylic acids is 1. The lowest BCUT2D eigenvalue weighted by molar-refractivity contribution is -0.130. The zero-order valence-corrected chi connectivity index (χ0v) is 16.9. The molecular formula is C23H27NO4. The Morgan fingerprint density at radius 2 is 1.61 bits per heavy atom. The van der Waals surface area contributed by atoms with E-state index in [1.54, 1.807) is 31.4 Å². The van der Waals surface area contributed by atoms with Gasteiger partial charge in [0, 0.05) is 17.3 Å². The van der Waals surface area contributed by atoms with E-state index in [0.29, 0.717) is 11.4 Å². The van der Waals surface area contributed by atoms with Crippen LogP contribution in [0.15, 0.2) is 72.0 Å². The van der Waals surface area contributed by atoms with Gasteiger partial charge in [-0.2, -0.15) is 0 Å². The van der Waals surface area contributed by atoms with Gasteiger partial charge in [0.2, 0.25) is 0 Å². The van der Waals surface area contributed by atoms with Crippen molar-refractivity contribution in [1.29, 1.82) is 0 Å². The van der Waals surface area contributed by atoms with Crippen LogP contribution in [0.5, 0.6) is 11.5 Å². The Balaban J connectivity index is 2.33. The lowest BCUT2D eigenvalue weighted by Crippen LogP contribution is -2.34. The first-order valence-corrected chi connectivity index (χ1v) is 9.01. The number of hydrogen-bond acceptors (Lipinski definition) is 5. The van der Waals surface area contributed by atoms with Gasteiger partial charge in [-0.05, 0) is 69.7 Å². The molecular weight excluding hydrogens is 354 g/mol. The number of allylic oxidation sites excluding steroid dienone is 1. The molecule has 5 nitrogen and oxygen atoms in total. The van der Waals surface area contributed by atoms with E-state index in [1.165, 1.54) is 13.0 Å². The molecule has 0 saturated carbocycles. The summed E-state index contributed by atoms with van der Waals surface area (Å²) in [5, 5.41) is 13.9. The molecule has 2 aromatic carbocycles. The fourth-order valence-electron chi connectivity index (χ4n) is 2.39. The Morgan fingerprint density at radius 1 is 1.00 bits per heavy atom. The minimum Gasteiger partial charge on any atom is -0.507 e. The van der Waals surface area contributed by atoms with Gasteiger partial charge in [0.25, 0.3) is 0 Å². The molecule has 0 heterocycles. The highest BCUT2D eigenvalue weighted by Crippen LogP contribution is 2.22. The van der Waals surface area contributed by atoms with Crippen molar-refractivity contribution in [2.45, 2.75) is 33.2 Å². The quantitative estimate of drug-likeness (QED) is 0.246. The molecule has 0 aliphatic heterocycles. The molecule has 2 N–H and O–H groups in total. The summed E-state index contributed by atoms with van der Waals surface area (Å²) < 4.78 is 10.5. The van der Waals surface area contributed by atoms with E-state index in [9.17, 15) is 9.90 Å². The SMILES string of the molecule is COc1ccc(/C(=C/C(O)=C(/C)C(=O)Oc2ccccc2)NC(C)(C)C)cc1. The van der Waals surface area contributed by atoms with Crippen molar-refractivity contribution in [2.24, 2.45) is 0 Å². The van der Waals surface area contributed by atoms with Gasteiger partial charge in [0.1, 0.15) is 17.3 Å². The smallest absolute Gasteiger partial charge is 0.342 e. The zero-order valence-electron chi connectivity index (χ0n) is 16.9. The zero-order chi connectivity index (χ0) is 20.7. The standard InChI is InChI=1S/C23H27NO4/c1-16(22(26)28-19-9-7-6-8-10-19)21(25)15-20(24-23(2,3)4)17-11-13-18(27-5)14-12-17/h6-15,24-25H,1-5H3/b20-15-,21-16+. The second-order valence-electron chi connectivity index (χ2n) is 7.37. The maximum atomic E-state index is 12.3. The van der Waals surface area contributed by atoms with E-state index < -0.39 is 5.97 Å². The lowest BCUT2D eigenvalue weighted by Gasteiger charge is -2.25. The number of hydrogen-bond donors (Lipinski definition) is 2. The molecule has 2 rings (SSSR count). The van der Waals surface area contributed by atoms with Gasteiger partial charge < -0.3 is 19.9 Å². The predicted octanol–water partition coefficient (Wildman–Crippen LogP) is 4.86. The van der Waals surface area contributed by atoms with Gasteiger partial charge in [0.15, 0.2) is 0 Å². The maximum Gasteiger partial charge on any atom is 0.342 e. The Morgan fingerprint density at radius 3 is 2.14 bits per heavy atom. The molecule has 28 heavy (non-hydrogen) atoms. The third kappa shape index (κ3) is 6.20. The Kier molecular flexibility index (Phi) is 6.88. The highest BCUT2D eigenvalue weighted by molar-refractivity contribution is 5.91. The van der Waals surface area contributed by atoms with E-state index in [2.05, 4.69) is 5.32 Å². The molecule has 0 bridgehead atoms. The van der Waals surface area contributed by atoms with Gasteiger partial charge in [-0.15, -0.1) is 0 Å². The van der Waals surface area contributed by atoms with Crippen LogP contribution in [0.2, 0.25) is 0 Å². The minimum atomic E-state index is -0.607. The van der Waals surface area contributed by atoms with Gasteiger partial charge in [-0.3, -0.25) is 0 Å². The van der Waals surface area contributed by atoms with Crippen molar-refractivity contribution in [3.8, 4) is 11.5 Å². The van der Waals surface area contributed by atoms with Gasteiger partial charge in [-0.1, -0.05) is 18.2 Å². The summed E-state index contributed by atoms with van der Waals surface area (Å²) in [6, 6.07) is 16.2. The van der Waals surface area contributed by atoms with Crippen LogP contribution in [-0.2, 0) is 4.79 Å². The summed E-state index contributed by atoms with van der Waals surface area (Å²) >= 11 is 0. The van der Waals surface area contributed by atoms with E-state index >= 15 is 0 Å². The normalized spacial score (nSPS) is 12.8. The van der Waals surface area contributed by atoms with Crippen LogP contribution in [0.1, 0.15) is 33.3 Å². The number of ether oxygens (including phenoxy) is 2. The number of aliphatic hydroxyl groups excluding tert-OH is 1. The average molecular weight is 381 g/mol. The number of rotatable bonds is 6. The molecule has 0 atom stereocenters. The number of methoxy groups -OCH3 is 1. The number of carbonyl (C=O) groups is 1. The van der Waals surface area contributed by atoms with Crippen LogP contribution in [-0.4, -0.2) is 23.7 Å². The van der Waals surface area contributed by atoms with Crippen LogP contribution < -0.4 is 14.8 Å². The monoisotopic (exact) mass is 381 g/mol. The topological polar surface area (TPSA) is 67.8 Å². The van der Waals surface area contributed by atoms with E-state index in [-0.39, 0.29) is 16.9 Å². The highest BCUT2D eigenvalue weighted by Gasteiger charge is 2.16. The second-order valence-corrected chi connectivity index (χ2v) is 7.37. The fraction of sp³-hybridized carbons (Fsp3) is 0.261. The summed E-state index contributed by atoms with van der Waals surface area (Å²) in [4.78, 5) is 12.3. The second kappa shape index (κ2) is 9.13. The first kappa shape index (κ1) is 21.1. The van der Waals surface area contributed by atoms with Gasteiger partial charge >= 0.3 is 5.97 Å². The summed E-state index contributed by atoms with van der Waals surface area (Å²) in [6.07, 6.45) is 1.54. The molecule has 0 fully saturated rings. The lowest BCUT2D eigenvalue weighted by atomic mass is 10.0.